The molecule has 3 N–H and O–H groups in total. The molecule has 4 aromatic rings. The number of hydrogen-bond donors (Lipinski definition) is 3. The van der Waals surface area contributed by atoms with Crippen molar-refractivity contribution in [2.75, 3.05) is 6.54 Å². The van der Waals surface area contributed by atoms with E-state index in [-0.39, 0.29) is 12.2 Å². The molecule has 0 aliphatic rings. The fourth-order valence-corrected chi connectivity index (χ4v) is 4.00. The monoisotopic (exact) mass is 474 g/mol. The Bertz CT molecular complexity index is 1230. The third-order valence-electron chi connectivity index (χ3n) is 4.96. The topological polar surface area (TPSA) is 95.6 Å². The third-order valence-corrected chi connectivity index (χ3v) is 5.87. The number of alkyl halides is 3. The molecule has 1 aromatic carbocycles. The normalized spacial score (nSPS) is 11.8. The van der Waals surface area contributed by atoms with Crippen LogP contribution in [0.15, 0.2) is 41.9 Å². The molecule has 0 spiro atoms. The number of amides is 1. The number of halogens is 3. The Labute approximate surface area is 191 Å². The molecule has 0 saturated carbocycles. The zero-order chi connectivity index (χ0) is 23.4. The van der Waals surface area contributed by atoms with E-state index in [0.717, 1.165) is 34.1 Å². The number of H-pyrrole nitrogens is 1. The Hall–Kier alpha value is -3.31. The summed E-state index contributed by atoms with van der Waals surface area (Å²) >= 11 is 1.38. The van der Waals surface area contributed by atoms with Gasteiger partial charge in [-0.3, -0.25) is 9.78 Å². The number of nitrogens with one attached hydrogen (secondary N) is 3. The standard InChI is InChI=1S/C22H21F3N6OS/c1-13-8-14(22(23,24)25)9-27-17(13)10-28-21(32)18-12-33-20(31-18)6-7-26-11-19-29-15-4-2-3-5-16(15)30-19/h2-5,8-9,12,26H,6-7,10-11H2,1H3,(H,28,32)(H,29,30). The number of aryl methyl sites for hydroxylation is 1. The fraction of sp³-hybridized carbons (Fsp3) is 0.273. The molecule has 0 aliphatic heterocycles. The van der Waals surface area contributed by atoms with Crippen LogP contribution in [0.5, 0.6) is 0 Å². The number of para-hydroxylation sites is 2. The second-order valence-corrected chi connectivity index (χ2v) is 8.36. The van der Waals surface area contributed by atoms with Crippen LogP contribution in [0.2, 0.25) is 0 Å². The van der Waals surface area contributed by atoms with Gasteiger partial charge in [-0.2, -0.15) is 13.2 Å². The van der Waals surface area contributed by atoms with Crippen LogP contribution in [0.25, 0.3) is 11.0 Å². The Morgan fingerprint density at radius 2 is 2.00 bits per heavy atom. The lowest BCUT2D eigenvalue weighted by Gasteiger charge is -2.10. The van der Waals surface area contributed by atoms with Crippen LogP contribution in [0.1, 0.15) is 38.1 Å². The van der Waals surface area contributed by atoms with Gasteiger partial charge in [-0.15, -0.1) is 11.3 Å². The number of aromatic nitrogens is 4. The zero-order valence-corrected chi connectivity index (χ0v) is 18.5. The molecular weight excluding hydrogens is 453 g/mol. The maximum absolute atomic E-state index is 12.8. The van der Waals surface area contributed by atoms with Gasteiger partial charge in [0.25, 0.3) is 5.91 Å². The highest BCUT2D eigenvalue weighted by molar-refractivity contribution is 7.09. The summed E-state index contributed by atoms with van der Waals surface area (Å²) in [6, 6.07) is 8.84. The van der Waals surface area contributed by atoms with E-state index in [9.17, 15) is 18.0 Å². The van der Waals surface area contributed by atoms with E-state index >= 15 is 0 Å². The highest BCUT2D eigenvalue weighted by Crippen LogP contribution is 2.29. The van der Waals surface area contributed by atoms with E-state index in [4.69, 9.17) is 0 Å². The predicted octanol–water partition coefficient (Wildman–Crippen LogP) is 4.00. The summed E-state index contributed by atoms with van der Waals surface area (Å²) in [6.45, 7) is 2.81. The molecule has 0 atom stereocenters. The Morgan fingerprint density at radius 1 is 1.18 bits per heavy atom. The first kappa shape index (κ1) is 22.9. The van der Waals surface area contributed by atoms with E-state index in [2.05, 4.69) is 30.6 Å². The molecule has 3 heterocycles. The molecule has 0 unspecified atom stereocenters. The van der Waals surface area contributed by atoms with Crippen molar-refractivity contribution in [1.29, 1.82) is 0 Å². The Kier molecular flexibility index (Phi) is 6.70. The SMILES string of the molecule is Cc1cc(C(F)(F)F)cnc1CNC(=O)c1csc(CCNCc2nc3ccccc3[nH]2)n1. The number of aromatic amines is 1. The largest absolute Gasteiger partial charge is 0.417 e. The number of fused-ring (bicyclic) bond motifs is 1. The van der Waals surface area contributed by atoms with Crippen LogP contribution in [0, 0.1) is 6.92 Å². The molecule has 3 aromatic heterocycles. The molecule has 4 rings (SSSR count). The molecule has 0 fully saturated rings. The van der Waals surface area contributed by atoms with Crippen molar-refractivity contribution in [1.82, 2.24) is 30.6 Å². The van der Waals surface area contributed by atoms with E-state index in [0.29, 0.717) is 30.8 Å². The summed E-state index contributed by atoms with van der Waals surface area (Å²) in [6.07, 6.45) is -3.02. The average molecular weight is 475 g/mol. The highest BCUT2D eigenvalue weighted by Gasteiger charge is 2.31. The average Bonchev–Trinajstić information content (AvgIpc) is 3.41. The molecule has 11 heteroatoms. The predicted molar refractivity (Wildman–Crippen MR) is 119 cm³/mol. The maximum Gasteiger partial charge on any atom is 0.417 e. The molecule has 33 heavy (non-hydrogen) atoms. The number of carbonyl (C=O) groups is 1. The van der Waals surface area contributed by atoms with E-state index in [1.807, 2.05) is 24.3 Å². The quantitative estimate of drug-likeness (QED) is 0.336. The highest BCUT2D eigenvalue weighted by atomic mass is 32.1. The molecule has 7 nitrogen and oxygen atoms in total. The number of imidazole rings is 1. The first-order valence-corrected chi connectivity index (χ1v) is 11.1. The second-order valence-electron chi connectivity index (χ2n) is 7.42. The van der Waals surface area contributed by atoms with Gasteiger partial charge in [0.05, 0.1) is 40.4 Å². The second kappa shape index (κ2) is 9.67. The number of thiazole rings is 1. The van der Waals surface area contributed by atoms with Gasteiger partial charge in [-0.25, -0.2) is 9.97 Å². The molecule has 0 aliphatic carbocycles. The molecular formula is C22H21F3N6OS. The summed E-state index contributed by atoms with van der Waals surface area (Å²) in [5.41, 5.74) is 2.12. The minimum Gasteiger partial charge on any atom is -0.345 e. The van der Waals surface area contributed by atoms with Gasteiger partial charge in [-0.05, 0) is 30.7 Å². The van der Waals surface area contributed by atoms with Crippen molar-refractivity contribution in [3.05, 3.63) is 75.3 Å². The van der Waals surface area contributed by atoms with Crippen molar-refractivity contribution in [3.63, 3.8) is 0 Å². The van der Waals surface area contributed by atoms with Crippen molar-refractivity contribution >= 4 is 28.3 Å². The van der Waals surface area contributed by atoms with Crippen molar-refractivity contribution < 1.29 is 18.0 Å². The summed E-state index contributed by atoms with van der Waals surface area (Å²) in [4.78, 5) is 28.3. The molecule has 172 valence electrons. The minimum absolute atomic E-state index is 0.0225. The smallest absolute Gasteiger partial charge is 0.345 e. The number of nitrogens with zero attached hydrogens (tertiary/aromatic N) is 3. The minimum atomic E-state index is -4.45. The van der Waals surface area contributed by atoms with Crippen LogP contribution in [0.3, 0.4) is 0 Å². The van der Waals surface area contributed by atoms with E-state index < -0.39 is 17.6 Å². The van der Waals surface area contributed by atoms with Crippen LogP contribution in [-0.2, 0) is 25.7 Å². The van der Waals surface area contributed by atoms with Crippen molar-refractivity contribution in [3.8, 4) is 0 Å². The number of hydrogen-bond acceptors (Lipinski definition) is 6. The van der Waals surface area contributed by atoms with Gasteiger partial charge in [0, 0.05) is 24.5 Å². The summed E-state index contributed by atoms with van der Waals surface area (Å²) in [5.74, 6) is 0.455. The summed E-state index contributed by atoms with van der Waals surface area (Å²) in [7, 11) is 0. The van der Waals surface area contributed by atoms with Crippen LogP contribution >= 0.6 is 11.3 Å². The zero-order valence-electron chi connectivity index (χ0n) is 17.7. The van der Waals surface area contributed by atoms with E-state index in [1.54, 1.807) is 5.38 Å². The van der Waals surface area contributed by atoms with Crippen LogP contribution in [-0.4, -0.2) is 32.4 Å². The first-order valence-electron chi connectivity index (χ1n) is 10.2. The number of benzene rings is 1. The number of carbonyl (C=O) groups excluding carboxylic acids is 1. The molecule has 0 radical (unpaired) electrons. The molecule has 1 amide bonds. The Balaban J connectivity index is 1.24. The number of pyridine rings is 1. The molecule has 0 saturated heterocycles. The van der Waals surface area contributed by atoms with Gasteiger partial charge in [0.2, 0.25) is 0 Å². The van der Waals surface area contributed by atoms with E-state index in [1.165, 1.54) is 18.3 Å². The van der Waals surface area contributed by atoms with Gasteiger partial charge in [-0.1, -0.05) is 12.1 Å². The lowest BCUT2D eigenvalue weighted by molar-refractivity contribution is -0.137. The fourth-order valence-electron chi connectivity index (χ4n) is 3.22. The third kappa shape index (κ3) is 5.74. The maximum atomic E-state index is 12.8. The Morgan fingerprint density at radius 3 is 2.76 bits per heavy atom. The van der Waals surface area contributed by atoms with Gasteiger partial charge in [0.15, 0.2) is 0 Å². The molecule has 0 bridgehead atoms. The van der Waals surface area contributed by atoms with Gasteiger partial charge in [0.1, 0.15) is 11.5 Å². The van der Waals surface area contributed by atoms with Crippen LogP contribution in [0.4, 0.5) is 13.2 Å². The summed E-state index contributed by atoms with van der Waals surface area (Å²) in [5, 5.41) is 8.43. The summed E-state index contributed by atoms with van der Waals surface area (Å²) < 4.78 is 38.3. The van der Waals surface area contributed by atoms with Gasteiger partial charge >= 0.3 is 6.18 Å². The van der Waals surface area contributed by atoms with Crippen molar-refractivity contribution in [2.45, 2.75) is 32.6 Å². The number of rotatable bonds is 8. The van der Waals surface area contributed by atoms with Gasteiger partial charge < -0.3 is 15.6 Å². The first-order chi connectivity index (χ1) is 15.8. The lowest BCUT2D eigenvalue weighted by atomic mass is 10.1. The van der Waals surface area contributed by atoms with Crippen LogP contribution < -0.4 is 10.6 Å². The lowest BCUT2D eigenvalue weighted by Crippen LogP contribution is -2.24. The van der Waals surface area contributed by atoms with Crippen molar-refractivity contribution in [2.24, 2.45) is 0 Å².